The fourth-order valence-electron chi connectivity index (χ4n) is 3.05. The molecule has 0 aromatic carbocycles. The molecule has 1 atom stereocenters. The Bertz CT molecular complexity index is 684. The Labute approximate surface area is 142 Å². The molecule has 2 amide bonds. The Morgan fingerprint density at radius 2 is 2.29 bits per heavy atom. The Morgan fingerprint density at radius 1 is 1.42 bits per heavy atom. The minimum absolute atomic E-state index is 0.0192. The summed E-state index contributed by atoms with van der Waals surface area (Å²) in [6.07, 6.45) is 4.89. The van der Waals surface area contributed by atoms with Gasteiger partial charge in [0.25, 0.3) is 0 Å². The molecule has 0 saturated carbocycles. The summed E-state index contributed by atoms with van der Waals surface area (Å²) in [5, 5.41) is 11.5. The molecule has 0 spiro atoms. The van der Waals surface area contributed by atoms with E-state index in [1.807, 2.05) is 47.5 Å². The van der Waals surface area contributed by atoms with Crippen molar-refractivity contribution in [2.75, 3.05) is 19.7 Å². The van der Waals surface area contributed by atoms with Crippen LogP contribution in [0.1, 0.15) is 45.0 Å². The first-order valence-corrected chi connectivity index (χ1v) is 8.62. The number of fused-ring (bicyclic) bond motifs is 1. The number of carbonyl (C=O) groups excluding carboxylic acids is 1. The first-order valence-electron chi connectivity index (χ1n) is 8.62. The van der Waals surface area contributed by atoms with Crippen molar-refractivity contribution in [3.05, 3.63) is 30.2 Å². The molecular formula is C17H25N5O2. The van der Waals surface area contributed by atoms with Gasteiger partial charge in [0.1, 0.15) is 0 Å². The summed E-state index contributed by atoms with van der Waals surface area (Å²) >= 11 is 0. The number of hydrogen-bond acceptors (Lipinski definition) is 4. The molecule has 3 rings (SSSR count). The SMILES string of the molecule is CC(C)OCCCNC(=O)N1CCC[C@@H]1c1nnc2ccccn12. The molecule has 3 heterocycles. The first-order chi connectivity index (χ1) is 11.7. The van der Waals surface area contributed by atoms with E-state index in [0.717, 1.165) is 37.3 Å². The van der Waals surface area contributed by atoms with Gasteiger partial charge in [0, 0.05) is 25.9 Å². The lowest BCUT2D eigenvalue weighted by Gasteiger charge is -2.23. The van der Waals surface area contributed by atoms with Crippen LogP contribution in [0.4, 0.5) is 4.79 Å². The van der Waals surface area contributed by atoms with E-state index < -0.39 is 0 Å². The van der Waals surface area contributed by atoms with Gasteiger partial charge in [0.15, 0.2) is 11.5 Å². The number of hydrogen-bond donors (Lipinski definition) is 1. The van der Waals surface area contributed by atoms with Crippen molar-refractivity contribution in [3.8, 4) is 0 Å². The van der Waals surface area contributed by atoms with E-state index in [1.54, 1.807) is 0 Å². The Hall–Kier alpha value is -2.15. The predicted octanol–water partition coefficient (Wildman–Crippen LogP) is 2.39. The summed E-state index contributed by atoms with van der Waals surface area (Å²) in [7, 11) is 0. The zero-order chi connectivity index (χ0) is 16.9. The van der Waals surface area contributed by atoms with E-state index in [9.17, 15) is 4.79 Å². The van der Waals surface area contributed by atoms with E-state index in [2.05, 4.69) is 15.5 Å². The standard InChI is InChI=1S/C17H25N5O2/c1-13(2)24-12-6-9-18-17(23)21-11-5-7-14(21)16-20-19-15-8-3-4-10-22(15)16/h3-4,8,10,13-14H,5-7,9,11-12H2,1-2H3,(H,18,23)/t14-/m1/s1. The van der Waals surface area contributed by atoms with Crippen LogP contribution in [0, 0.1) is 0 Å². The van der Waals surface area contributed by atoms with Gasteiger partial charge in [-0.15, -0.1) is 10.2 Å². The zero-order valence-corrected chi connectivity index (χ0v) is 14.3. The third-order valence-corrected chi connectivity index (χ3v) is 4.20. The van der Waals surface area contributed by atoms with Gasteiger partial charge in [-0.2, -0.15) is 0 Å². The number of nitrogens with one attached hydrogen (secondary N) is 1. The lowest BCUT2D eigenvalue weighted by atomic mass is 10.2. The normalized spacial score (nSPS) is 17.8. The minimum atomic E-state index is -0.0327. The summed E-state index contributed by atoms with van der Waals surface area (Å²) in [6, 6.07) is 5.76. The van der Waals surface area contributed by atoms with E-state index >= 15 is 0 Å². The number of likely N-dealkylation sites (tertiary alicyclic amines) is 1. The fraction of sp³-hybridized carbons (Fsp3) is 0.588. The summed E-state index contributed by atoms with van der Waals surface area (Å²) in [6.45, 7) is 6.05. The quantitative estimate of drug-likeness (QED) is 0.825. The number of urea groups is 1. The van der Waals surface area contributed by atoms with Crippen LogP contribution in [-0.2, 0) is 4.74 Å². The molecule has 2 aromatic rings. The van der Waals surface area contributed by atoms with Crippen molar-refractivity contribution in [2.24, 2.45) is 0 Å². The van der Waals surface area contributed by atoms with Crippen molar-refractivity contribution in [2.45, 2.75) is 45.3 Å². The van der Waals surface area contributed by atoms with Gasteiger partial charge >= 0.3 is 6.03 Å². The van der Waals surface area contributed by atoms with Gasteiger partial charge in [0.2, 0.25) is 0 Å². The van der Waals surface area contributed by atoms with Gasteiger partial charge in [-0.05, 0) is 45.2 Å². The highest BCUT2D eigenvalue weighted by atomic mass is 16.5. The Balaban J connectivity index is 1.60. The second-order valence-corrected chi connectivity index (χ2v) is 6.34. The third kappa shape index (κ3) is 3.67. The average Bonchev–Trinajstić information content (AvgIpc) is 3.20. The van der Waals surface area contributed by atoms with Crippen LogP contribution in [-0.4, -0.2) is 51.3 Å². The fourth-order valence-corrected chi connectivity index (χ4v) is 3.05. The highest BCUT2D eigenvalue weighted by Crippen LogP contribution is 2.30. The van der Waals surface area contributed by atoms with Crippen LogP contribution in [0.3, 0.4) is 0 Å². The van der Waals surface area contributed by atoms with Gasteiger partial charge in [0.05, 0.1) is 12.1 Å². The van der Waals surface area contributed by atoms with E-state index in [-0.39, 0.29) is 18.2 Å². The summed E-state index contributed by atoms with van der Waals surface area (Å²) in [4.78, 5) is 14.4. The molecule has 0 bridgehead atoms. The number of amides is 2. The molecule has 24 heavy (non-hydrogen) atoms. The second-order valence-electron chi connectivity index (χ2n) is 6.34. The lowest BCUT2D eigenvalue weighted by Crippen LogP contribution is -2.40. The molecule has 0 aliphatic carbocycles. The molecule has 0 unspecified atom stereocenters. The van der Waals surface area contributed by atoms with Crippen LogP contribution in [0.2, 0.25) is 0 Å². The van der Waals surface area contributed by atoms with Gasteiger partial charge < -0.3 is 15.0 Å². The number of rotatable bonds is 6. The van der Waals surface area contributed by atoms with E-state index in [0.29, 0.717) is 13.2 Å². The van der Waals surface area contributed by atoms with Crippen molar-refractivity contribution in [3.63, 3.8) is 0 Å². The number of pyridine rings is 1. The molecule has 0 radical (unpaired) electrons. The van der Waals surface area contributed by atoms with Crippen LogP contribution < -0.4 is 5.32 Å². The summed E-state index contributed by atoms with van der Waals surface area (Å²) in [5.74, 6) is 0.835. The lowest BCUT2D eigenvalue weighted by molar-refractivity contribution is 0.0771. The molecule has 2 aromatic heterocycles. The smallest absolute Gasteiger partial charge is 0.318 e. The van der Waals surface area contributed by atoms with Gasteiger partial charge in [-0.3, -0.25) is 4.40 Å². The molecule has 7 nitrogen and oxygen atoms in total. The van der Waals surface area contributed by atoms with Crippen LogP contribution >= 0.6 is 0 Å². The second kappa shape index (κ2) is 7.61. The van der Waals surface area contributed by atoms with Crippen molar-refractivity contribution >= 4 is 11.7 Å². The molecule has 1 N–H and O–H groups in total. The Kier molecular flexibility index (Phi) is 5.30. The van der Waals surface area contributed by atoms with Crippen LogP contribution in [0.15, 0.2) is 24.4 Å². The third-order valence-electron chi connectivity index (χ3n) is 4.20. The highest BCUT2D eigenvalue weighted by molar-refractivity contribution is 5.75. The molecule has 1 aliphatic heterocycles. The average molecular weight is 331 g/mol. The topological polar surface area (TPSA) is 71.8 Å². The maximum atomic E-state index is 12.5. The first kappa shape index (κ1) is 16.7. The predicted molar refractivity (Wildman–Crippen MR) is 90.8 cm³/mol. The maximum absolute atomic E-state index is 12.5. The number of carbonyl (C=O) groups is 1. The monoisotopic (exact) mass is 331 g/mol. The molecule has 7 heteroatoms. The maximum Gasteiger partial charge on any atom is 0.318 e. The van der Waals surface area contributed by atoms with Crippen LogP contribution in [0.25, 0.3) is 5.65 Å². The number of ether oxygens (including phenoxy) is 1. The van der Waals surface area contributed by atoms with Gasteiger partial charge in [-0.1, -0.05) is 6.07 Å². The zero-order valence-electron chi connectivity index (χ0n) is 14.3. The minimum Gasteiger partial charge on any atom is -0.379 e. The number of nitrogens with zero attached hydrogens (tertiary/aromatic N) is 4. The van der Waals surface area contributed by atoms with Gasteiger partial charge in [-0.25, -0.2) is 4.79 Å². The van der Waals surface area contributed by atoms with E-state index in [4.69, 9.17) is 4.74 Å². The van der Waals surface area contributed by atoms with Crippen LogP contribution in [0.5, 0.6) is 0 Å². The summed E-state index contributed by atoms with van der Waals surface area (Å²) < 4.78 is 7.46. The van der Waals surface area contributed by atoms with Crippen molar-refractivity contribution < 1.29 is 9.53 Å². The number of aromatic nitrogens is 3. The largest absolute Gasteiger partial charge is 0.379 e. The molecule has 1 saturated heterocycles. The van der Waals surface area contributed by atoms with Crippen molar-refractivity contribution in [1.82, 2.24) is 24.8 Å². The summed E-state index contributed by atoms with van der Waals surface area (Å²) in [5.41, 5.74) is 0.811. The molecule has 1 fully saturated rings. The molecular weight excluding hydrogens is 306 g/mol. The highest BCUT2D eigenvalue weighted by Gasteiger charge is 2.33. The molecule has 130 valence electrons. The Morgan fingerprint density at radius 3 is 3.12 bits per heavy atom. The molecule has 1 aliphatic rings. The van der Waals surface area contributed by atoms with Crippen molar-refractivity contribution in [1.29, 1.82) is 0 Å². The van der Waals surface area contributed by atoms with E-state index in [1.165, 1.54) is 0 Å².